The number of carbonyl (C=O) groups excluding carboxylic acids is 2. The van der Waals surface area contributed by atoms with Gasteiger partial charge in [0.1, 0.15) is 0 Å². The van der Waals surface area contributed by atoms with Gasteiger partial charge in [-0.15, -0.1) is 0 Å². The lowest BCUT2D eigenvalue weighted by Gasteiger charge is -2.34. The number of thiazole rings is 2. The number of nitrogens with zero attached hydrogens (tertiary/aromatic N) is 7. The molecule has 11 heteroatoms. The lowest BCUT2D eigenvalue weighted by atomic mass is 10.1. The molecule has 4 aromatic carbocycles. The topological polar surface area (TPSA) is 76.1 Å². The summed E-state index contributed by atoms with van der Waals surface area (Å²) in [6.45, 7) is 10.4. The van der Waals surface area contributed by atoms with E-state index in [0.717, 1.165) is 96.4 Å². The number of rotatable bonds is 8. The molecule has 0 atom stereocenters. The van der Waals surface area contributed by atoms with Crippen molar-refractivity contribution in [2.24, 2.45) is 0 Å². The molecule has 6 aromatic rings. The van der Waals surface area contributed by atoms with Crippen LogP contribution in [0.3, 0.4) is 0 Å². The van der Waals surface area contributed by atoms with Gasteiger partial charge >= 0.3 is 0 Å². The minimum Gasteiger partial charge on any atom is -0.378 e. The Hall–Kier alpha value is -5.00. The van der Waals surface area contributed by atoms with E-state index >= 15 is 0 Å². The van der Waals surface area contributed by atoms with Gasteiger partial charge in [0.05, 0.1) is 33.3 Å². The molecule has 1 aliphatic carbocycles. The first-order valence-corrected chi connectivity index (χ1v) is 21.6. The van der Waals surface area contributed by atoms with Crippen LogP contribution in [0.1, 0.15) is 49.3 Å². The minimum absolute atomic E-state index is 0.205. The highest BCUT2D eigenvalue weighted by molar-refractivity contribution is 7.22. The molecule has 0 radical (unpaired) electrons. The van der Waals surface area contributed by atoms with E-state index in [1.165, 1.54) is 27.8 Å². The van der Waals surface area contributed by atoms with Crippen molar-refractivity contribution >= 4 is 70.9 Å². The summed E-state index contributed by atoms with van der Waals surface area (Å²) in [5.74, 6) is 1.21. The Morgan fingerprint density at radius 1 is 0.589 bits per heavy atom. The Labute approximate surface area is 339 Å². The van der Waals surface area contributed by atoms with Crippen LogP contribution in [0.15, 0.2) is 97.1 Å². The van der Waals surface area contributed by atoms with E-state index in [9.17, 15) is 9.59 Å². The van der Waals surface area contributed by atoms with E-state index in [1.807, 2.05) is 68.1 Å². The summed E-state index contributed by atoms with van der Waals surface area (Å²) in [5, 5.41) is 2.13. The van der Waals surface area contributed by atoms with Gasteiger partial charge in [0.15, 0.2) is 10.3 Å². The SMILES string of the molecule is CC.CN(C)c1ccc(CC(=O)N2CCN(c3nc4ccccc4s3)CC2)cc1.O=C(Cc1ccc(C2CC2)cc1)N1CCN(c2nc3ccccc3s2)CC1. The quantitative estimate of drug-likeness (QED) is 0.154. The first kappa shape index (κ1) is 39.2. The number of anilines is 3. The lowest BCUT2D eigenvalue weighted by Crippen LogP contribution is -2.49. The average Bonchev–Trinajstić information content (AvgIpc) is 3.85. The van der Waals surface area contributed by atoms with Crippen molar-refractivity contribution in [1.29, 1.82) is 0 Å². The number of carbonyl (C=O) groups is 2. The molecule has 292 valence electrons. The molecule has 3 fully saturated rings. The summed E-state index contributed by atoms with van der Waals surface area (Å²) in [6.07, 6.45) is 3.61. The number of piperazine rings is 2. The fourth-order valence-electron chi connectivity index (χ4n) is 7.09. The molecule has 3 aliphatic rings. The number of fused-ring (bicyclic) bond motifs is 2. The molecule has 0 spiro atoms. The smallest absolute Gasteiger partial charge is 0.227 e. The molecular weight excluding hydrogens is 735 g/mol. The summed E-state index contributed by atoms with van der Waals surface area (Å²) in [7, 11) is 4.04. The van der Waals surface area contributed by atoms with Gasteiger partial charge in [0, 0.05) is 72.1 Å². The molecule has 2 amide bonds. The Kier molecular flexibility index (Phi) is 12.8. The molecule has 2 aliphatic heterocycles. The van der Waals surface area contributed by atoms with Gasteiger partial charge in [-0.2, -0.15) is 0 Å². The molecule has 2 aromatic heterocycles. The van der Waals surface area contributed by atoms with Crippen molar-refractivity contribution in [3.8, 4) is 0 Å². The van der Waals surface area contributed by atoms with E-state index in [4.69, 9.17) is 9.97 Å². The van der Waals surface area contributed by atoms with Crippen LogP contribution >= 0.6 is 22.7 Å². The fraction of sp³-hybridized carbons (Fsp3) is 0.378. The summed E-state index contributed by atoms with van der Waals surface area (Å²) in [4.78, 5) is 45.4. The molecular formula is C45H53N7O2S2. The molecule has 9 rings (SSSR count). The van der Waals surface area contributed by atoms with Crippen molar-refractivity contribution in [2.45, 2.75) is 45.4 Å². The van der Waals surface area contributed by atoms with Crippen LogP contribution in [0.25, 0.3) is 20.4 Å². The summed E-state index contributed by atoms with van der Waals surface area (Å²) in [6, 6.07) is 33.4. The average molecular weight is 788 g/mol. The zero-order chi connectivity index (χ0) is 39.0. The van der Waals surface area contributed by atoms with Crippen molar-refractivity contribution in [3.05, 3.63) is 114 Å². The molecule has 0 bridgehead atoms. The van der Waals surface area contributed by atoms with E-state index in [-0.39, 0.29) is 11.8 Å². The maximum atomic E-state index is 12.7. The first-order chi connectivity index (χ1) is 27.4. The van der Waals surface area contributed by atoms with Crippen LogP contribution in [0.4, 0.5) is 16.0 Å². The monoisotopic (exact) mass is 787 g/mol. The van der Waals surface area contributed by atoms with Gasteiger partial charge in [-0.3, -0.25) is 9.59 Å². The highest BCUT2D eigenvalue weighted by Gasteiger charge is 2.26. The number of amides is 2. The van der Waals surface area contributed by atoms with E-state index < -0.39 is 0 Å². The van der Waals surface area contributed by atoms with E-state index in [2.05, 4.69) is 81.4 Å². The van der Waals surface area contributed by atoms with Gasteiger partial charge in [-0.25, -0.2) is 9.97 Å². The van der Waals surface area contributed by atoms with Gasteiger partial charge in [-0.1, -0.05) is 97.2 Å². The van der Waals surface area contributed by atoms with Gasteiger partial charge in [0.25, 0.3) is 0 Å². The van der Waals surface area contributed by atoms with Crippen LogP contribution in [-0.2, 0) is 22.4 Å². The predicted octanol–water partition coefficient (Wildman–Crippen LogP) is 8.34. The maximum Gasteiger partial charge on any atom is 0.227 e. The van der Waals surface area contributed by atoms with E-state index in [0.29, 0.717) is 12.8 Å². The molecule has 2 saturated heterocycles. The number of aromatic nitrogens is 2. The Morgan fingerprint density at radius 3 is 1.39 bits per heavy atom. The Morgan fingerprint density at radius 2 is 1.00 bits per heavy atom. The van der Waals surface area contributed by atoms with Crippen molar-refractivity contribution in [2.75, 3.05) is 81.2 Å². The Bertz CT molecular complexity index is 1980. The first-order valence-electron chi connectivity index (χ1n) is 20.0. The lowest BCUT2D eigenvalue weighted by molar-refractivity contribution is -0.131. The van der Waals surface area contributed by atoms with Gasteiger partial charge in [-0.05, 0) is 71.8 Å². The second-order valence-electron chi connectivity index (χ2n) is 14.6. The van der Waals surface area contributed by atoms with Crippen LogP contribution in [0, 0.1) is 0 Å². The van der Waals surface area contributed by atoms with E-state index in [1.54, 1.807) is 22.7 Å². The van der Waals surface area contributed by atoms with Crippen molar-refractivity contribution < 1.29 is 9.59 Å². The predicted molar refractivity (Wildman–Crippen MR) is 235 cm³/mol. The highest BCUT2D eigenvalue weighted by Crippen LogP contribution is 2.40. The molecule has 56 heavy (non-hydrogen) atoms. The van der Waals surface area contributed by atoms with Crippen LogP contribution in [-0.4, -0.2) is 98.0 Å². The van der Waals surface area contributed by atoms with Crippen LogP contribution in [0.2, 0.25) is 0 Å². The number of hydrogen-bond acceptors (Lipinski definition) is 9. The molecule has 9 nitrogen and oxygen atoms in total. The fourth-order valence-corrected chi connectivity index (χ4v) is 9.13. The molecule has 0 unspecified atom stereocenters. The second kappa shape index (κ2) is 18.3. The summed E-state index contributed by atoms with van der Waals surface area (Å²) >= 11 is 3.46. The Balaban J connectivity index is 0.000000164. The normalized spacial score (nSPS) is 15.6. The number of benzene rings is 4. The second-order valence-corrected chi connectivity index (χ2v) is 16.6. The molecule has 1 saturated carbocycles. The zero-order valence-electron chi connectivity index (χ0n) is 33.1. The van der Waals surface area contributed by atoms with Gasteiger partial charge in [0.2, 0.25) is 11.8 Å². The summed E-state index contributed by atoms with van der Waals surface area (Å²) < 4.78 is 2.44. The third kappa shape index (κ3) is 9.68. The zero-order valence-corrected chi connectivity index (χ0v) is 34.7. The highest BCUT2D eigenvalue weighted by atomic mass is 32.1. The van der Waals surface area contributed by atoms with Crippen LogP contribution < -0.4 is 14.7 Å². The third-order valence-corrected chi connectivity index (χ3v) is 12.8. The maximum absolute atomic E-state index is 12.7. The van der Waals surface area contributed by atoms with Crippen molar-refractivity contribution in [1.82, 2.24) is 19.8 Å². The van der Waals surface area contributed by atoms with Crippen molar-refractivity contribution in [3.63, 3.8) is 0 Å². The largest absolute Gasteiger partial charge is 0.378 e. The molecule has 4 heterocycles. The van der Waals surface area contributed by atoms with Gasteiger partial charge < -0.3 is 24.5 Å². The minimum atomic E-state index is 0.205. The standard InChI is InChI=1S/C22H23N3OS.C21H24N4OS.C2H6/c26-21(15-16-5-7-17(8-6-16)18-9-10-18)24-11-13-25(14-12-24)22-23-19-3-1-2-4-20(19)27-22;1-23(2)17-9-7-16(8-10-17)15-20(26)24-11-13-25(14-12-24)21-22-18-5-3-4-6-19(18)27-21;1-2/h1-8,18H,9-15H2;3-10H,11-15H2,1-2H3;1-2H3. The number of para-hydroxylation sites is 2. The summed E-state index contributed by atoms with van der Waals surface area (Å²) in [5.41, 5.74) is 6.88. The van der Waals surface area contributed by atoms with Crippen LogP contribution in [0.5, 0.6) is 0 Å². The third-order valence-electron chi connectivity index (χ3n) is 10.6. The number of hydrogen-bond donors (Lipinski definition) is 0. The molecule has 0 N–H and O–H groups in total.